The Bertz CT molecular complexity index is 1180. The zero-order valence-corrected chi connectivity index (χ0v) is 24.6. The molecular weight excluding hydrogens is 518 g/mol. The number of carbonyl (C=O) groups is 2. The van der Waals surface area contributed by atoms with Crippen molar-refractivity contribution in [3.8, 4) is 17.2 Å². The van der Waals surface area contributed by atoms with Gasteiger partial charge in [-0.3, -0.25) is 9.59 Å². The Hall–Kier alpha value is -2.90. The van der Waals surface area contributed by atoms with Gasteiger partial charge in [0.1, 0.15) is 24.7 Å². The monoisotopic (exact) mass is 563 g/mol. The van der Waals surface area contributed by atoms with Crippen molar-refractivity contribution in [2.75, 3.05) is 33.4 Å². The predicted octanol–water partition coefficient (Wildman–Crippen LogP) is 6.03. The molecule has 1 N–H and O–H groups in total. The summed E-state index contributed by atoms with van der Waals surface area (Å²) in [6.45, 7) is 5.17. The Kier molecular flexibility index (Phi) is 9.99. The van der Waals surface area contributed by atoms with Gasteiger partial charge in [-0.25, -0.2) is 0 Å². The van der Waals surface area contributed by atoms with Crippen molar-refractivity contribution < 1.29 is 28.9 Å². The highest BCUT2D eigenvalue weighted by Crippen LogP contribution is 2.47. The van der Waals surface area contributed by atoms with Crippen molar-refractivity contribution in [1.82, 2.24) is 4.90 Å². The molecule has 41 heavy (non-hydrogen) atoms. The predicted molar refractivity (Wildman–Crippen MR) is 158 cm³/mol. The third-order valence-corrected chi connectivity index (χ3v) is 9.48. The van der Waals surface area contributed by atoms with Gasteiger partial charge in [-0.2, -0.15) is 0 Å². The van der Waals surface area contributed by atoms with Gasteiger partial charge in [0.15, 0.2) is 17.3 Å². The summed E-state index contributed by atoms with van der Waals surface area (Å²) in [4.78, 5) is 28.4. The minimum absolute atomic E-state index is 0.00528. The third-order valence-electron chi connectivity index (χ3n) is 9.48. The van der Waals surface area contributed by atoms with E-state index in [2.05, 4.69) is 11.8 Å². The first kappa shape index (κ1) is 29.6. The Morgan fingerprint density at radius 2 is 1.73 bits per heavy atom. The first-order chi connectivity index (χ1) is 19.9. The van der Waals surface area contributed by atoms with E-state index in [1.165, 1.54) is 12.8 Å². The van der Waals surface area contributed by atoms with Crippen molar-refractivity contribution in [3.05, 3.63) is 53.6 Å². The molecule has 222 valence electrons. The summed E-state index contributed by atoms with van der Waals surface area (Å²) in [5, 5.41) is 11.7. The summed E-state index contributed by atoms with van der Waals surface area (Å²) >= 11 is 0. The summed E-state index contributed by atoms with van der Waals surface area (Å²) in [6, 6.07) is 13.5. The van der Waals surface area contributed by atoms with Gasteiger partial charge in [-0.05, 0) is 99.9 Å². The van der Waals surface area contributed by atoms with Gasteiger partial charge in [-0.15, -0.1) is 0 Å². The van der Waals surface area contributed by atoms with Crippen LogP contribution in [0.3, 0.4) is 0 Å². The van der Waals surface area contributed by atoms with Crippen LogP contribution >= 0.6 is 0 Å². The molecule has 1 aliphatic carbocycles. The molecule has 7 nitrogen and oxygen atoms in total. The van der Waals surface area contributed by atoms with Gasteiger partial charge in [0.05, 0.1) is 13.2 Å². The number of methoxy groups -OCH3 is 1. The van der Waals surface area contributed by atoms with Crippen LogP contribution in [-0.2, 0) is 4.79 Å². The zero-order valence-electron chi connectivity index (χ0n) is 24.6. The fourth-order valence-electron chi connectivity index (χ4n) is 6.80. The van der Waals surface area contributed by atoms with E-state index in [-0.39, 0.29) is 23.5 Å². The quantitative estimate of drug-likeness (QED) is 0.222. The average molecular weight is 564 g/mol. The number of hydrogen-bond donors (Lipinski definition) is 1. The van der Waals surface area contributed by atoms with Crippen LogP contribution in [0.5, 0.6) is 17.2 Å². The molecule has 7 heteroatoms. The number of nitrogens with zero attached hydrogens (tertiary/aromatic N) is 1. The fourth-order valence-corrected chi connectivity index (χ4v) is 6.80. The molecule has 3 aliphatic rings. The van der Waals surface area contributed by atoms with Crippen LogP contribution in [0.4, 0.5) is 0 Å². The number of likely N-dealkylation sites (tertiary alicyclic amines) is 1. The number of Topliss-reactive ketones (excluding diaryl/α,β-unsaturated/α-hetero) is 2. The Labute approximate surface area is 244 Å². The fraction of sp³-hybridized carbons (Fsp3) is 0.588. The number of carbonyl (C=O) groups excluding carboxylic acids is 2. The average Bonchev–Trinajstić information content (AvgIpc) is 3.39. The maximum atomic E-state index is 13.4. The lowest BCUT2D eigenvalue weighted by atomic mass is 9.62. The lowest BCUT2D eigenvalue weighted by Crippen LogP contribution is -2.45. The van der Waals surface area contributed by atoms with Crippen LogP contribution in [0, 0.1) is 17.8 Å². The van der Waals surface area contributed by atoms with Crippen LogP contribution in [0.15, 0.2) is 42.5 Å². The molecule has 0 radical (unpaired) electrons. The van der Waals surface area contributed by atoms with Crippen LogP contribution in [-0.4, -0.2) is 61.0 Å². The second-order valence-electron chi connectivity index (χ2n) is 12.0. The molecule has 2 heterocycles. The topological polar surface area (TPSA) is 85.3 Å². The minimum Gasteiger partial charge on any atom is -0.497 e. The second-order valence-corrected chi connectivity index (χ2v) is 12.0. The zero-order chi connectivity index (χ0) is 28.8. The Morgan fingerprint density at radius 3 is 2.41 bits per heavy atom. The Morgan fingerprint density at radius 1 is 0.976 bits per heavy atom. The number of aliphatic hydroxyl groups excluding tert-OH is 1. The van der Waals surface area contributed by atoms with Crippen molar-refractivity contribution >= 4 is 11.6 Å². The minimum atomic E-state index is -0.664. The summed E-state index contributed by atoms with van der Waals surface area (Å²) < 4.78 is 16.6. The highest BCUT2D eigenvalue weighted by Gasteiger charge is 2.44. The van der Waals surface area contributed by atoms with Gasteiger partial charge in [0, 0.05) is 42.8 Å². The highest BCUT2D eigenvalue weighted by atomic mass is 16.6. The molecule has 5 atom stereocenters. The molecule has 0 spiro atoms. The first-order valence-electron chi connectivity index (χ1n) is 15.5. The van der Waals surface area contributed by atoms with Crippen LogP contribution in [0.2, 0.25) is 0 Å². The number of ether oxygens (including phenoxy) is 3. The van der Waals surface area contributed by atoms with Crippen LogP contribution in [0.25, 0.3) is 0 Å². The molecule has 2 aromatic carbocycles. The highest BCUT2D eigenvalue weighted by molar-refractivity contribution is 5.96. The molecule has 0 amide bonds. The van der Waals surface area contributed by atoms with E-state index in [0.717, 1.165) is 62.3 Å². The number of rotatable bonds is 14. The molecule has 1 saturated heterocycles. The van der Waals surface area contributed by atoms with Crippen LogP contribution < -0.4 is 14.2 Å². The first-order valence-corrected chi connectivity index (χ1v) is 15.5. The molecule has 0 aromatic heterocycles. The molecule has 2 aromatic rings. The molecule has 2 fully saturated rings. The molecular formula is C34H45NO6. The SMILES string of the molecule is COc1ccc(C(=O)CCCCCC(=O)C2CCC2C(CN2CCCC2C)C(O)c2ccc3c(c2)OCCO3)cc1. The lowest BCUT2D eigenvalue weighted by Gasteiger charge is -2.45. The second kappa shape index (κ2) is 13.8. The largest absolute Gasteiger partial charge is 0.497 e. The molecule has 2 aliphatic heterocycles. The van der Waals surface area contributed by atoms with Gasteiger partial charge in [0.2, 0.25) is 0 Å². The van der Waals surface area contributed by atoms with E-state index < -0.39 is 6.10 Å². The molecule has 5 rings (SSSR count). The van der Waals surface area contributed by atoms with Crippen molar-refractivity contribution in [3.63, 3.8) is 0 Å². The van der Waals surface area contributed by atoms with Gasteiger partial charge in [0.25, 0.3) is 0 Å². The van der Waals surface area contributed by atoms with Crippen molar-refractivity contribution in [2.24, 2.45) is 17.8 Å². The summed E-state index contributed by atoms with van der Waals surface area (Å²) in [7, 11) is 1.61. The van der Waals surface area contributed by atoms with Gasteiger partial charge in [-0.1, -0.05) is 12.5 Å². The van der Waals surface area contributed by atoms with Gasteiger partial charge >= 0.3 is 0 Å². The van der Waals surface area contributed by atoms with Crippen molar-refractivity contribution in [2.45, 2.75) is 76.9 Å². The van der Waals surface area contributed by atoms with E-state index in [4.69, 9.17) is 14.2 Å². The summed E-state index contributed by atoms with van der Waals surface area (Å²) in [5.74, 6) is 2.77. The number of hydrogen-bond acceptors (Lipinski definition) is 7. The maximum Gasteiger partial charge on any atom is 0.162 e. The van der Waals surface area contributed by atoms with E-state index >= 15 is 0 Å². The third kappa shape index (κ3) is 7.12. The molecule has 5 unspecified atom stereocenters. The van der Waals surface area contributed by atoms with Crippen molar-refractivity contribution in [1.29, 1.82) is 0 Å². The lowest BCUT2D eigenvalue weighted by molar-refractivity contribution is -0.131. The Balaban J connectivity index is 1.16. The van der Waals surface area contributed by atoms with E-state index in [1.807, 2.05) is 30.3 Å². The maximum absolute atomic E-state index is 13.4. The van der Waals surface area contributed by atoms with E-state index in [0.29, 0.717) is 49.2 Å². The molecule has 0 bridgehead atoms. The summed E-state index contributed by atoms with van der Waals surface area (Å²) in [5.41, 5.74) is 1.54. The molecule has 1 saturated carbocycles. The number of unbranched alkanes of at least 4 members (excludes halogenated alkanes) is 2. The number of ketones is 2. The van der Waals surface area contributed by atoms with E-state index in [1.54, 1.807) is 19.2 Å². The number of aliphatic hydroxyl groups is 1. The van der Waals surface area contributed by atoms with Crippen LogP contribution in [0.1, 0.15) is 86.7 Å². The van der Waals surface area contributed by atoms with E-state index in [9.17, 15) is 14.7 Å². The normalized spacial score (nSPS) is 23.4. The van der Waals surface area contributed by atoms with Gasteiger partial charge < -0.3 is 24.2 Å². The number of fused-ring (bicyclic) bond motifs is 1. The smallest absolute Gasteiger partial charge is 0.162 e. The standard InChI is InChI=1S/C34H45NO6/c1-23-7-6-18-35(23)22-29(34(38)25-12-17-32-33(21-25)41-20-19-40-32)27-15-16-28(27)31(37)9-5-3-4-8-30(36)24-10-13-26(39-2)14-11-24/h10-14,17,21,23,27-29,34,38H,3-9,15-16,18-20,22H2,1-2H3. The number of benzene rings is 2. The summed E-state index contributed by atoms with van der Waals surface area (Å²) in [6.07, 6.45) is 7.06.